The summed E-state index contributed by atoms with van der Waals surface area (Å²) in [6.07, 6.45) is 0. The highest BCUT2D eigenvalue weighted by molar-refractivity contribution is 6.24. The molecule has 2 saturated heterocycles. The summed E-state index contributed by atoms with van der Waals surface area (Å²) >= 11 is 0. The summed E-state index contributed by atoms with van der Waals surface area (Å²) in [6.45, 7) is 2.33. The molecule has 2 aromatic carbocycles. The van der Waals surface area contributed by atoms with Gasteiger partial charge < -0.3 is 14.2 Å². The molecule has 8 nitrogen and oxygen atoms in total. The van der Waals surface area contributed by atoms with E-state index in [4.69, 9.17) is 14.2 Å². The van der Waals surface area contributed by atoms with Gasteiger partial charge in [-0.05, 0) is 36.8 Å². The Morgan fingerprint density at radius 2 is 1.78 bits per heavy atom. The van der Waals surface area contributed by atoms with Crippen LogP contribution in [0.15, 0.2) is 42.5 Å². The third kappa shape index (κ3) is 2.88. The number of anilines is 1. The highest BCUT2D eigenvalue weighted by atomic mass is 19.1. The van der Waals surface area contributed by atoms with Crippen molar-refractivity contribution < 1.29 is 33.0 Å². The van der Waals surface area contributed by atoms with E-state index < -0.39 is 47.0 Å². The van der Waals surface area contributed by atoms with Gasteiger partial charge in [0.05, 0.1) is 24.6 Å². The molecule has 1 N–H and O–H groups in total. The van der Waals surface area contributed by atoms with Gasteiger partial charge >= 0.3 is 5.97 Å². The van der Waals surface area contributed by atoms with Crippen molar-refractivity contribution in [2.24, 2.45) is 11.8 Å². The van der Waals surface area contributed by atoms with E-state index in [1.165, 1.54) is 31.4 Å². The van der Waals surface area contributed by atoms with Crippen molar-refractivity contribution in [2.75, 3.05) is 25.2 Å². The minimum Gasteiger partial charge on any atom is -0.486 e. The normalized spacial score (nSPS) is 28.6. The fourth-order valence-electron chi connectivity index (χ4n) is 4.92. The molecule has 0 unspecified atom stereocenters. The molecule has 0 aliphatic carbocycles. The Hall–Kier alpha value is -3.46. The van der Waals surface area contributed by atoms with Crippen LogP contribution in [0.4, 0.5) is 10.1 Å². The highest BCUT2D eigenvalue weighted by Crippen LogP contribution is 2.50. The molecule has 0 aromatic heterocycles. The molecule has 9 heteroatoms. The highest BCUT2D eigenvalue weighted by Gasteiger charge is 2.67. The molecule has 3 aliphatic heterocycles. The number of benzene rings is 2. The zero-order valence-corrected chi connectivity index (χ0v) is 17.5. The summed E-state index contributed by atoms with van der Waals surface area (Å²) in [4.78, 5) is 41.0. The van der Waals surface area contributed by atoms with E-state index in [1.807, 2.05) is 0 Å². The summed E-state index contributed by atoms with van der Waals surface area (Å²) < 4.78 is 29.6. The number of nitrogens with one attached hydrogen (secondary N) is 1. The first-order chi connectivity index (χ1) is 15.3. The molecule has 4 atom stereocenters. The van der Waals surface area contributed by atoms with Gasteiger partial charge in [-0.2, -0.15) is 0 Å². The maximum absolute atomic E-state index is 13.6. The van der Waals surface area contributed by atoms with E-state index in [-0.39, 0.29) is 0 Å². The van der Waals surface area contributed by atoms with Crippen LogP contribution in [0.1, 0.15) is 18.5 Å². The van der Waals surface area contributed by atoms with Gasteiger partial charge in [-0.25, -0.2) is 9.29 Å². The van der Waals surface area contributed by atoms with Gasteiger partial charge in [0.15, 0.2) is 11.5 Å². The number of carbonyl (C=O) groups excluding carboxylic acids is 3. The number of hydrogen-bond acceptors (Lipinski definition) is 7. The lowest BCUT2D eigenvalue weighted by atomic mass is 9.80. The first-order valence-electron chi connectivity index (χ1n) is 10.2. The van der Waals surface area contributed by atoms with Crippen LogP contribution in [0.25, 0.3) is 0 Å². The molecule has 0 saturated carbocycles. The Bertz CT molecular complexity index is 1120. The molecule has 3 heterocycles. The second-order valence-corrected chi connectivity index (χ2v) is 8.21. The van der Waals surface area contributed by atoms with Crippen LogP contribution in [0.5, 0.6) is 11.5 Å². The summed E-state index contributed by atoms with van der Waals surface area (Å²) in [5, 5.41) is 3.13. The predicted molar refractivity (Wildman–Crippen MR) is 110 cm³/mol. The lowest BCUT2D eigenvalue weighted by Gasteiger charge is -2.29. The number of ether oxygens (including phenoxy) is 3. The van der Waals surface area contributed by atoms with E-state index in [0.29, 0.717) is 36.0 Å². The Morgan fingerprint density at radius 3 is 2.47 bits per heavy atom. The SMILES string of the molecule is COC(=O)[C@@]1(C)N[C@@H](c2ccc(F)cc2)[C@H]2C(=O)N(c3ccc4c(c3)OCCO4)C(=O)[C@H]21. The van der Waals surface area contributed by atoms with Crippen molar-refractivity contribution in [3.8, 4) is 11.5 Å². The Labute approximate surface area is 183 Å². The van der Waals surface area contributed by atoms with Gasteiger partial charge in [0.1, 0.15) is 24.6 Å². The number of esters is 1. The van der Waals surface area contributed by atoms with E-state index in [2.05, 4.69) is 5.32 Å². The largest absolute Gasteiger partial charge is 0.486 e. The van der Waals surface area contributed by atoms with E-state index in [9.17, 15) is 18.8 Å². The fraction of sp³-hybridized carbons (Fsp3) is 0.348. The van der Waals surface area contributed by atoms with E-state index in [1.54, 1.807) is 25.1 Å². The van der Waals surface area contributed by atoms with Crippen molar-refractivity contribution in [1.29, 1.82) is 0 Å². The minimum atomic E-state index is -1.44. The maximum atomic E-state index is 13.6. The average molecular weight is 440 g/mol. The second kappa shape index (κ2) is 7.30. The number of halogens is 1. The van der Waals surface area contributed by atoms with Crippen molar-refractivity contribution in [2.45, 2.75) is 18.5 Å². The quantitative estimate of drug-likeness (QED) is 0.576. The number of methoxy groups -OCH3 is 1. The fourth-order valence-corrected chi connectivity index (χ4v) is 4.92. The van der Waals surface area contributed by atoms with Crippen LogP contribution in [0.2, 0.25) is 0 Å². The number of rotatable bonds is 3. The first kappa shape index (κ1) is 20.4. The smallest absolute Gasteiger partial charge is 0.326 e. The zero-order chi connectivity index (χ0) is 22.6. The summed E-state index contributed by atoms with van der Waals surface area (Å²) in [5.41, 5.74) is -0.503. The molecule has 3 aliphatic rings. The molecular weight excluding hydrogens is 419 g/mol. The Morgan fingerprint density at radius 1 is 1.09 bits per heavy atom. The third-order valence-corrected chi connectivity index (χ3v) is 6.41. The van der Waals surface area contributed by atoms with Crippen LogP contribution in [-0.2, 0) is 19.1 Å². The van der Waals surface area contributed by atoms with Gasteiger partial charge in [-0.15, -0.1) is 0 Å². The standard InChI is InChI=1S/C23H21FN2O6/c1-23(22(29)30-2)18-17(19(25-23)12-3-5-13(24)6-4-12)20(27)26(21(18)28)14-7-8-15-16(11-14)32-10-9-31-15/h3-8,11,17-19,25H,9-10H2,1-2H3/t17-,18-,19-,23-/m0/s1. The predicted octanol–water partition coefficient (Wildman–Crippen LogP) is 1.98. The Balaban J connectivity index is 1.58. The van der Waals surface area contributed by atoms with Crippen LogP contribution >= 0.6 is 0 Å². The molecule has 0 radical (unpaired) electrons. The molecule has 166 valence electrons. The lowest BCUT2D eigenvalue weighted by Crippen LogP contribution is -2.54. The molecular formula is C23H21FN2O6. The number of nitrogens with zero attached hydrogens (tertiary/aromatic N) is 1. The lowest BCUT2D eigenvalue weighted by molar-refractivity contribution is -0.151. The van der Waals surface area contributed by atoms with Gasteiger partial charge in [0, 0.05) is 12.1 Å². The Kier molecular flexibility index (Phi) is 4.67. The topological polar surface area (TPSA) is 94.2 Å². The van der Waals surface area contributed by atoms with Crippen LogP contribution in [-0.4, -0.2) is 43.6 Å². The number of hydrogen-bond donors (Lipinski definition) is 1. The number of imide groups is 1. The number of fused-ring (bicyclic) bond motifs is 2. The van der Waals surface area contributed by atoms with Gasteiger partial charge in [0.25, 0.3) is 0 Å². The molecule has 0 bridgehead atoms. The van der Waals surface area contributed by atoms with Crippen LogP contribution < -0.4 is 19.7 Å². The van der Waals surface area contributed by atoms with Gasteiger partial charge in [-0.3, -0.25) is 19.7 Å². The van der Waals surface area contributed by atoms with E-state index >= 15 is 0 Å². The van der Waals surface area contributed by atoms with Crippen molar-refractivity contribution in [1.82, 2.24) is 5.32 Å². The van der Waals surface area contributed by atoms with E-state index in [0.717, 1.165) is 4.90 Å². The summed E-state index contributed by atoms with van der Waals surface area (Å²) in [5.74, 6) is -2.93. The zero-order valence-electron chi connectivity index (χ0n) is 17.5. The van der Waals surface area contributed by atoms with Gasteiger partial charge in [-0.1, -0.05) is 12.1 Å². The third-order valence-electron chi connectivity index (χ3n) is 6.41. The molecule has 2 amide bonds. The summed E-state index contributed by atoms with van der Waals surface area (Å²) in [6, 6.07) is 9.80. The maximum Gasteiger partial charge on any atom is 0.326 e. The summed E-state index contributed by atoms with van der Waals surface area (Å²) in [7, 11) is 1.23. The average Bonchev–Trinajstić information content (AvgIpc) is 3.26. The first-order valence-corrected chi connectivity index (χ1v) is 10.2. The van der Waals surface area contributed by atoms with Crippen LogP contribution in [0.3, 0.4) is 0 Å². The molecule has 5 rings (SSSR count). The number of amides is 2. The molecule has 2 fully saturated rings. The molecule has 2 aromatic rings. The monoisotopic (exact) mass is 440 g/mol. The van der Waals surface area contributed by atoms with Crippen molar-refractivity contribution >= 4 is 23.5 Å². The minimum absolute atomic E-state index is 0.337. The molecule has 0 spiro atoms. The van der Waals surface area contributed by atoms with Crippen molar-refractivity contribution in [3.05, 3.63) is 53.8 Å². The van der Waals surface area contributed by atoms with Gasteiger partial charge in [0.2, 0.25) is 11.8 Å². The second-order valence-electron chi connectivity index (χ2n) is 8.21. The van der Waals surface area contributed by atoms with Crippen molar-refractivity contribution in [3.63, 3.8) is 0 Å². The molecule has 32 heavy (non-hydrogen) atoms. The van der Waals surface area contributed by atoms with Crippen LogP contribution in [0, 0.1) is 17.7 Å². The number of carbonyl (C=O) groups is 3.